The van der Waals surface area contributed by atoms with Crippen LogP contribution < -0.4 is 11.1 Å². The summed E-state index contributed by atoms with van der Waals surface area (Å²) in [7, 11) is 0. The van der Waals surface area contributed by atoms with Crippen molar-refractivity contribution in [3.05, 3.63) is 55.9 Å². The molecule has 0 spiro atoms. The van der Waals surface area contributed by atoms with Crippen molar-refractivity contribution in [3.8, 4) is 0 Å². The molecule has 0 saturated carbocycles. The number of fused-ring (bicyclic) bond motifs is 1. The first-order valence-corrected chi connectivity index (χ1v) is 11.6. The summed E-state index contributed by atoms with van der Waals surface area (Å²) in [6, 6.07) is 5.15. The molecule has 0 aliphatic heterocycles. The van der Waals surface area contributed by atoms with Gasteiger partial charge in [-0.15, -0.1) is 11.3 Å². The number of halogens is 2. The maximum absolute atomic E-state index is 12.5. The Morgan fingerprint density at radius 2 is 1.97 bits per heavy atom. The van der Waals surface area contributed by atoms with Gasteiger partial charge in [-0.25, -0.2) is 0 Å². The van der Waals surface area contributed by atoms with Crippen molar-refractivity contribution in [1.82, 2.24) is 0 Å². The third-order valence-corrected chi connectivity index (χ3v) is 7.99. The van der Waals surface area contributed by atoms with Crippen LogP contribution in [-0.4, -0.2) is 11.8 Å². The molecule has 2 aromatic rings. The number of nitrogens with two attached hydrogens (primary N) is 1. The molecular formula is C23H26Cl2N2O2S. The SMILES string of the molecule is CCC(C)(C)C1CCc2c(sc(NC(=O)C=Cc3c(Cl)cccc3Cl)c2C(N)=O)C1. The third kappa shape index (κ3) is 4.74. The normalized spacial score (nSPS) is 16.5. The lowest BCUT2D eigenvalue weighted by molar-refractivity contribution is -0.111. The highest BCUT2D eigenvalue weighted by Crippen LogP contribution is 2.45. The van der Waals surface area contributed by atoms with Crippen molar-refractivity contribution in [2.45, 2.75) is 46.5 Å². The van der Waals surface area contributed by atoms with Crippen molar-refractivity contribution in [2.24, 2.45) is 17.1 Å². The van der Waals surface area contributed by atoms with Crippen molar-refractivity contribution in [1.29, 1.82) is 0 Å². The molecule has 0 radical (unpaired) electrons. The summed E-state index contributed by atoms with van der Waals surface area (Å²) in [5.41, 5.74) is 7.91. The summed E-state index contributed by atoms with van der Waals surface area (Å²) in [6.45, 7) is 6.79. The van der Waals surface area contributed by atoms with Gasteiger partial charge in [0.1, 0.15) is 5.00 Å². The van der Waals surface area contributed by atoms with Gasteiger partial charge in [0.15, 0.2) is 0 Å². The number of benzene rings is 1. The molecular weight excluding hydrogens is 439 g/mol. The predicted octanol–water partition coefficient (Wildman–Crippen LogP) is 6.35. The molecule has 1 aromatic carbocycles. The van der Waals surface area contributed by atoms with E-state index in [-0.39, 0.29) is 11.3 Å². The van der Waals surface area contributed by atoms with Crippen molar-refractivity contribution in [2.75, 3.05) is 5.32 Å². The Kier molecular flexibility index (Phi) is 6.95. The van der Waals surface area contributed by atoms with Crippen LogP contribution in [0.15, 0.2) is 24.3 Å². The van der Waals surface area contributed by atoms with Crippen LogP contribution >= 0.6 is 34.5 Å². The van der Waals surface area contributed by atoms with Gasteiger partial charge in [-0.1, -0.05) is 56.5 Å². The molecule has 2 amide bonds. The van der Waals surface area contributed by atoms with Crippen LogP contribution in [0, 0.1) is 11.3 Å². The highest BCUT2D eigenvalue weighted by Gasteiger charge is 2.34. The van der Waals surface area contributed by atoms with Gasteiger partial charge in [0.25, 0.3) is 5.91 Å². The number of anilines is 1. The number of hydrogen-bond donors (Lipinski definition) is 2. The van der Waals surface area contributed by atoms with Gasteiger partial charge in [-0.3, -0.25) is 9.59 Å². The maximum Gasteiger partial charge on any atom is 0.251 e. The molecule has 4 nitrogen and oxygen atoms in total. The number of carbonyl (C=O) groups is 2. The number of primary amides is 1. The van der Waals surface area contributed by atoms with E-state index in [1.54, 1.807) is 24.3 Å². The Hall–Kier alpha value is -1.82. The second-order valence-electron chi connectivity index (χ2n) is 8.31. The number of hydrogen-bond acceptors (Lipinski definition) is 3. The Balaban J connectivity index is 1.84. The minimum atomic E-state index is -0.505. The fourth-order valence-electron chi connectivity index (χ4n) is 3.87. The molecule has 3 rings (SSSR count). The number of rotatable bonds is 6. The standard InChI is InChI=1S/C23H26Cl2N2O2S/c1-4-23(2,3)13-8-9-15-18(12-13)30-22(20(15)21(26)29)27-19(28)11-10-14-16(24)6-5-7-17(14)25/h5-7,10-11,13H,4,8-9,12H2,1-3H3,(H2,26,29)(H,27,28). The van der Waals surface area contributed by atoms with Gasteiger partial charge < -0.3 is 11.1 Å². The van der Waals surface area contributed by atoms with Gasteiger partial charge >= 0.3 is 0 Å². The Morgan fingerprint density at radius 1 is 1.30 bits per heavy atom. The lowest BCUT2D eigenvalue weighted by Crippen LogP contribution is -2.29. The first-order chi connectivity index (χ1) is 14.1. The minimum Gasteiger partial charge on any atom is -0.365 e. The number of amides is 2. The van der Waals surface area contributed by atoms with Gasteiger partial charge in [0, 0.05) is 26.6 Å². The molecule has 0 saturated heterocycles. The second-order valence-corrected chi connectivity index (χ2v) is 10.2. The van der Waals surface area contributed by atoms with Gasteiger partial charge in [-0.2, -0.15) is 0 Å². The van der Waals surface area contributed by atoms with E-state index in [1.807, 2.05) is 0 Å². The van der Waals surface area contributed by atoms with Crippen molar-refractivity contribution in [3.63, 3.8) is 0 Å². The summed E-state index contributed by atoms with van der Waals surface area (Å²) in [4.78, 5) is 25.8. The molecule has 7 heteroatoms. The average Bonchev–Trinajstić information content (AvgIpc) is 3.04. The molecule has 1 atom stereocenters. The number of nitrogens with one attached hydrogen (secondary N) is 1. The molecule has 1 unspecified atom stereocenters. The zero-order valence-corrected chi connectivity index (χ0v) is 19.7. The van der Waals surface area contributed by atoms with Crippen LogP contribution in [0.2, 0.25) is 10.0 Å². The van der Waals surface area contributed by atoms with Crippen molar-refractivity contribution < 1.29 is 9.59 Å². The zero-order valence-electron chi connectivity index (χ0n) is 17.4. The molecule has 30 heavy (non-hydrogen) atoms. The molecule has 1 aliphatic carbocycles. The van der Waals surface area contributed by atoms with Crippen LogP contribution in [0.3, 0.4) is 0 Å². The monoisotopic (exact) mass is 464 g/mol. The predicted molar refractivity (Wildman–Crippen MR) is 127 cm³/mol. The molecule has 0 fully saturated rings. The summed E-state index contributed by atoms with van der Waals surface area (Å²) in [5.74, 6) is -0.327. The Labute approximate surface area is 191 Å². The van der Waals surface area contributed by atoms with E-state index in [0.717, 1.165) is 36.1 Å². The highest BCUT2D eigenvalue weighted by atomic mass is 35.5. The van der Waals surface area contributed by atoms with Crippen LogP contribution in [0.25, 0.3) is 6.08 Å². The molecule has 0 bridgehead atoms. The van der Waals surface area contributed by atoms with Crippen LogP contribution in [0.4, 0.5) is 5.00 Å². The largest absolute Gasteiger partial charge is 0.365 e. The Bertz CT molecular complexity index is 991. The molecule has 3 N–H and O–H groups in total. The van der Waals surface area contributed by atoms with E-state index < -0.39 is 5.91 Å². The van der Waals surface area contributed by atoms with E-state index in [9.17, 15) is 9.59 Å². The van der Waals surface area contributed by atoms with Gasteiger partial charge in [-0.05, 0) is 54.4 Å². The second kappa shape index (κ2) is 9.13. The van der Waals surface area contributed by atoms with Crippen LogP contribution in [-0.2, 0) is 17.6 Å². The fourth-order valence-corrected chi connectivity index (χ4v) is 5.73. The summed E-state index contributed by atoms with van der Waals surface area (Å²) in [6.07, 6.45) is 6.75. The van der Waals surface area contributed by atoms with E-state index in [1.165, 1.54) is 17.4 Å². The van der Waals surface area contributed by atoms with Crippen LogP contribution in [0.5, 0.6) is 0 Å². The minimum absolute atomic E-state index is 0.231. The highest BCUT2D eigenvalue weighted by molar-refractivity contribution is 7.17. The fraction of sp³-hybridized carbons (Fsp3) is 0.391. The summed E-state index contributed by atoms with van der Waals surface area (Å²) < 4.78 is 0. The lowest BCUT2D eigenvalue weighted by atomic mass is 9.69. The number of carbonyl (C=O) groups excluding carboxylic acids is 2. The first kappa shape index (κ1) is 22.9. The average molecular weight is 465 g/mol. The van der Waals surface area contributed by atoms with E-state index in [2.05, 4.69) is 26.1 Å². The van der Waals surface area contributed by atoms with Crippen LogP contribution in [0.1, 0.15) is 60.0 Å². The maximum atomic E-state index is 12.5. The summed E-state index contributed by atoms with van der Waals surface area (Å²) >= 11 is 13.7. The molecule has 160 valence electrons. The van der Waals surface area contributed by atoms with E-state index in [0.29, 0.717) is 32.1 Å². The number of thiophene rings is 1. The smallest absolute Gasteiger partial charge is 0.251 e. The summed E-state index contributed by atoms with van der Waals surface area (Å²) in [5, 5.41) is 4.27. The molecule has 1 aromatic heterocycles. The zero-order chi connectivity index (χ0) is 22.1. The molecule has 1 aliphatic rings. The van der Waals surface area contributed by atoms with E-state index in [4.69, 9.17) is 28.9 Å². The van der Waals surface area contributed by atoms with E-state index >= 15 is 0 Å². The third-order valence-electron chi connectivity index (χ3n) is 6.17. The first-order valence-electron chi connectivity index (χ1n) is 10.0. The topological polar surface area (TPSA) is 72.2 Å². The quantitative estimate of drug-likeness (QED) is 0.488. The lowest BCUT2D eigenvalue weighted by Gasteiger charge is -2.36. The Morgan fingerprint density at radius 3 is 2.57 bits per heavy atom. The van der Waals surface area contributed by atoms with Gasteiger partial charge in [0.05, 0.1) is 5.56 Å². The van der Waals surface area contributed by atoms with Crippen molar-refractivity contribution >= 4 is 57.4 Å². The van der Waals surface area contributed by atoms with Gasteiger partial charge in [0.2, 0.25) is 5.91 Å². The molecule has 1 heterocycles.